The standard InChI is InChI=1S/C23H19N7O4/c1-15-7-10-19(13-20(15)30(33)34)23(32)26-25-22(31)18-11-8-16(9-12-18)14-29-27-21(24-28-29)17-5-3-2-4-6-17/h2-13H,14H2,1H3,(H,25,31)(H,26,32). The van der Waals surface area contributed by atoms with Crippen molar-refractivity contribution in [3.05, 3.63) is 105 Å². The Morgan fingerprint density at radius 2 is 1.59 bits per heavy atom. The Bertz CT molecular complexity index is 1350. The van der Waals surface area contributed by atoms with E-state index in [1.165, 1.54) is 16.9 Å². The molecule has 34 heavy (non-hydrogen) atoms. The van der Waals surface area contributed by atoms with E-state index in [1.54, 1.807) is 31.2 Å². The molecule has 0 radical (unpaired) electrons. The molecule has 0 saturated heterocycles. The van der Waals surface area contributed by atoms with E-state index < -0.39 is 16.7 Å². The van der Waals surface area contributed by atoms with E-state index in [0.717, 1.165) is 17.2 Å². The first-order valence-corrected chi connectivity index (χ1v) is 10.2. The Balaban J connectivity index is 1.34. The van der Waals surface area contributed by atoms with Crippen LogP contribution in [0, 0.1) is 17.0 Å². The molecule has 1 heterocycles. The molecule has 0 aliphatic rings. The summed E-state index contributed by atoms with van der Waals surface area (Å²) < 4.78 is 0. The first-order chi connectivity index (χ1) is 16.4. The van der Waals surface area contributed by atoms with Gasteiger partial charge in [0.1, 0.15) is 0 Å². The van der Waals surface area contributed by atoms with Crippen LogP contribution in [0.4, 0.5) is 5.69 Å². The first-order valence-electron chi connectivity index (χ1n) is 10.2. The Labute approximate surface area is 193 Å². The molecule has 11 heteroatoms. The van der Waals surface area contributed by atoms with Gasteiger partial charge in [0.15, 0.2) is 0 Å². The molecular weight excluding hydrogens is 438 g/mol. The van der Waals surface area contributed by atoms with E-state index in [4.69, 9.17) is 0 Å². The topological polar surface area (TPSA) is 145 Å². The second-order valence-corrected chi connectivity index (χ2v) is 7.37. The number of tetrazole rings is 1. The molecule has 0 atom stereocenters. The Hall–Kier alpha value is -4.93. The number of carbonyl (C=O) groups is 2. The van der Waals surface area contributed by atoms with Crippen LogP contribution < -0.4 is 10.9 Å². The van der Waals surface area contributed by atoms with Crippen LogP contribution in [0.3, 0.4) is 0 Å². The largest absolute Gasteiger partial charge is 0.273 e. The lowest BCUT2D eigenvalue weighted by molar-refractivity contribution is -0.385. The van der Waals surface area contributed by atoms with Crippen molar-refractivity contribution in [3.8, 4) is 11.4 Å². The number of hydrazine groups is 1. The van der Waals surface area contributed by atoms with Gasteiger partial charge in [-0.1, -0.05) is 48.5 Å². The van der Waals surface area contributed by atoms with Crippen LogP contribution in [0.2, 0.25) is 0 Å². The molecule has 0 saturated carbocycles. The number of carbonyl (C=O) groups excluding carboxylic acids is 2. The maximum atomic E-state index is 12.4. The molecule has 2 amide bonds. The average Bonchev–Trinajstić information content (AvgIpc) is 3.32. The van der Waals surface area contributed by atoms with E-state index in [0.29, 0.717) is 23.5 Å². The quantitative estimate of drug-likeness (QED) is 0.334. The normalized spacial score (nSPS) is 10.5. The van der Waals surface area contributed by atoms with Crippen LogP contribution in [0.25, 0.3) is 11.4 Å². The zero-order valence-electron chi connectivity index (χ0n) is 18.0. The minimum atomic E-state index is -0.667. The van der Waals surface area contributed by atoms with Gasteiger partial charge in [0.2, 0.25) is 5.82 Å². The maximum Gasteiger partial charge on any atom is 0.273 e. The third kappa shape index (κ3) is 5.10. The molecule has 0 spiro atoms. The predicted octanol–water partition coefficient (Wildman–Crippen LogP) is 2.68. The second-order valence-electron chi connectivity index (χ2n) is 7.37. The van der Waals surface area contributed by atoms with Crippen molar-refractivity contribution in [2.75, 3.05) is 0 Å². The zero-order valence-corrected chi connectivity index (χ0v) is 18.0. The fraction of sp³-hybridized carbons (Fsp3) is 0.0870. The van der Waals surface area contributed by atoms with Crippen molar-refractivity contribution in [2.45, 2.75) is 13.5 Å². The molecule has 0 fully saturated rings. The van der Waals surface area contributed by atoms with Crippen LogP contribution in [0.1, 0.15) is 31.8 Å². The van der Waals surface area contributed by atoms with Gasteiger partial charge in [-0.15, -0.1) is 10.2 Å². The van der Waals surface area contributed by atoms with Gasteiger partial charge in [-0.3, -0.25) is 30.6 Å². The van der Waals surface area contributed by atoms with E-state index >= 15 is 0 Å². The van der Waals surface area contributed by atoms with E-state index in [-0.39, 0.29) is 11.3 Å². The van der Waals surface area contributed by atoms with Crippen LogP contribution in [0.5, 0.6) is 0 Å². The zero-order chi connectivity index (χ0) is 24.1. The highest BCUT2D eigenvalue weighted by Crippen LogP contribution is 2.19. The Morgan fingerprint density at radius 1 is 0.941 bits per heavy atom. The van der Waals surface area contributed by atoms with Crippen molar-refractivity contribution in [3.63, 3.8) is 0 Å². The molecular formula is C23H19N7O4. The molecule has 0 bridgehead atoms. The lowest BCUT2D eigenvalue weighted by atomic mass is 10.1. The number of hydrogen-bond acceptors (Lipinski definition) is 7. The van der Waals surface area contributed by atoms with Gasteiger partial charge >= 0.3 is 0 Å². The van der Waals surface area contributed by atoms with E-state index in [1.807, 2.05) is 30.3 Å². The monoisotopic (exact) mass is 457 g/mol. The smallest absolute Gasteiger partial charge is 0.267 e. The van der Waals surface area contributed by atoms with Crippen LogP contribution in [-0.4, -0.2) is 36.9 Å². The molecule has 170 valence electrons. The highest BCUT2D eigenvalue weighted by molar-refractivity contribution is 5.99. The van der Waals surface area contributed by atoms with E-state index in [9.17, 15) is 19.7 Å². The maximum absolute atomic E-state index is 12.4. The molecule has 0 aliphatic heterocycles. The lowest BCUT2D eigenvalue weighted by Gasteiger charge is -2.08. The number of rotatable bonds is 6. The second kappa shape index (κ2) is 9.69. The molecule has 11 nitrogen and oxygen atoms in total. The van der Waals surface area contributed by atoms with Crippen molar-refractivity contribution in [1.29, 1.82) is 0 Å². The van der Waals surface area contributed by atoms with Gasteiger partial charge in [0, 0.05) is 28.3 Å². The third-order valence-electron chi connectivity index (χ3n) is 4.98. The fourth-order valence-corrected chi connectivity index (χ4v) is 3.14. The van der Waals surface area contributed by atoms with Crippen LogP contribution in [-0.2, 0) is 6.54 Å². The summed E-state index contributed by atoms with van der Waals surface area (Å²) in [4.78, 5) is 36.6. The number of nitro benzene ring substituents is 1. The molecule has 2 N–H and O–H groups in total. The van der Waals surface area contributed by atoms with Gasteiger partial charge in [0.05, 0.1) is 11.5 Å². The Morgan fingerprint density at radius 3 is 2.26 bits per heavy atom. The molecule has 0 aliphatic carbocycles. The number of nitro groups is 1. The number of nitrogens with zero attached hydrogens (tertiary/aromatic N) is 5. The lowest BCUT2D eigenvalue weighted by Crippen LogP contribution is -2.41. The number of aromatic nitrogens is 4. The summed E-state index contributed by atoms with van der Waals surface area (Å²) in [7, 11) is 0. The summed E-state index contributed by atoms with van der Waals surface area (Å²) in [5.74, 6) is -0.683. The minimum Gasteiger partial charge on any atom is -0.267 e. The van der Waals surface area contributed by atoms with Gasteiger partial charge in [-0.25, -0.2) is 0 Å². The first kappa shape index (κ1) is 22.3. The third-order valence-corrected chi connectivity index (χ3v) is 4.98. The van der Waals surface area contributed by atoms with Gasteiger partial charge < -0.3 is 0 Å². The summed E-state index contributed by atoms with van der Waals surface area (Å²) in [5.41, 5.74) is 6.91. The highest BCUT2D eigenvalue weighted by Gasteiger charge is 2.16. The number of hydrogen-bond donors (Lipinski definition) is 2. The van der Waals surface area contributed by atoms with Crippen molar-refractivity contribution in [1.82, 2.24) is 31.1 Å². The molecule has 1 aromatic heterocycles. The van der Waals surface area contributed by atoms with Gasteiger partial charge in [0.25, 0.3) is 17.5 Å². The number of amides is 2. The minimum absolute atomic E-state index is 0.0585. The summed E-state index contributed by atoms with van der Waals surface area (Å²) in [5, 5.41) is 23.5. The summed E-state index contributed by atoms with van der Waals surface area (Å²) in [6.45, 7) is 1.94. The molecule has 0 unspecified atom stereocenters. The molecule has 3 aromatic carbocycles. The SMILES string of the molecule is Cc1ccc(C(=O)NNC(=O)c2ccc(Cn3nnc(-c4ccccc4)n3)cc2)cc1[N+](=O)[O-]. The summed E-state index contributed by atoms with van der Waals surface area (Å²) in [6.07, 6.45) is 0. The fourth-order valence-electron chi connectivity index (χ4n) is 3.14. The Kier molecular flexibility index (Phi) is 6.35. The van der Waals surface area contributed by atoms with Crippen molar-refractivity contribution >= 4 is 17.5 Å². The van der Waals surface area contributed by atoms with Crippen molar-refractivity contribution in [2.24, 2.45) is 0 Å². The number of benzene rings is 3. The van der Waals surface area contributed by atoms with E-state index in [2.05, 4.69) is 26.3 Å². The highest BCUT2D eigenvalue weighted by atomic mass is 16.6. The average molecular weight is 457 g/mol. The summed E-state index contributed by atoms with van der Waals surface area (Å²) >= 11 is 0. The van der Waals surface area contributed by atoms with Gasteiger partial charge in [-0.05, 0) is 35.9 Å². The number of aryl methyl sites for hydroxylation is 1. The predicted molar refractivity (Wildman–Crippen MR) is 122 cm³/mol. The molecule has 4 aromatic rings. The van der Waals surface area contributed by atoms with Gasteiger partial charge in [-0.2, -0.15) is 4.80 Å². The van der Waals surface area contributed by atoms with Crippen molar-refractivity contribution < 1.29 is 14.5 Å². The van der Waals surface area contributed by atoms with Crippen LogP contribution in [0.15, 0.2) is 72.8 Å². The van der Waals surface area contributed by atoms with Crippen LogP contribution >= 0.6 is 0 Å². The number of nitrogens with one attached hydrogen (secondary N) is 2. The summed E-state index contributed by atoms with van der Waals surface area (Å²) in [6, 6.07) is 20.3. The molecule has 4 rings (SSSR count).